The summed E-state index contributed by atoms with van der Waals surface area (Å²) in [6.07, 6.45) is 0. The minimum absolute atomic E-state index is 0.132. The van der Waals surface area contributed by atoms with Crippen LogP contribution in [0.15, 0.2) is 200 Å². The van der Waals surface area contributed by atoms with E-state index in [1.807, 2.05) is 11.3 Å². The van der Waals surface area contributed by atoms with Gasteiger partial charge in [0.15, 0.2) is 0 Å². The molecule has 0 saturated carbocycles. The summed E-state index contributed by atoms with van der Waals surface area (Å²) in [5, 5.41) is 2.69. The minimum atomic E-state index is -0.241. The highest BCUT2D eigenvalue weighted by Crippen LogP contribution is 2.58. The van der Waals surface area contributed by atoms with Crippen molar-refractivity contribution in [3.8, 4) is 55.6 Å². The Bertz CT molecular complexity index is 3390. The van der Waals surface area contributed by atoms with Crippen molar-refractivity contribution in [1.29, 1.82) is 0 Å². The highest BCUT2D eigenvalue weighted by atomic mass is 32.1. The molecule has 62 heavy (non-hydrogen) atoms. The van der Waals surface area contributed by atoms with Crippen LogP contribution in [0.1, 0.15) is 49.9 Å². The van der Waals surface area contributed by atoms with Gasteiger partial charge in [-0.05, 0) is 115 Å². The summed E-state index contributed by atoms with van der Waals surface area (Å²) in [7, 11) is 0. The first-order chi connectivity index (χ1) is 30.3. The van der Waals surface area contributed by atoms with E-state index in [1.165, 1.54) is 98.1 Å². The fourth-order valence-electron chi connectivity index (χ4n) is 10.7. The van der Waals surface area contributed by atoms with Crippen molar-refractivity contribution in [1.82, 2.24) is 0 Å². The summed E-state index contributed by atoms with van der Waals surface area (Å²) in [6, 6.07) is 74.6. The second-order valence-electron chi connectivity index (χ2n) is 18.1. The van der Waals surface area contributed by atoms with E-state index in [2.05, 4.69) is 233 Å². The van der Waals surface area contributed by atoms with Gasteiger partial charge < -0.3 is 4.90 Å². The normalized spacial score (nSPS) is 14.1. The summed E-state index contributed by atoms with van der Waals surface area (Å²) >= 11 is 1.91. The molecule has 0 saturated heterocycles. The molecule has 0 radical (unpaired) electrons. The molecule has 12 rings (SSSR count). The lowest BCUT2D eigenvalue weighted by Gasteiger charge is -2.31. The Hall–Kier alpha value is -7.00. The molecule has 0 N–H and O–H groups in total. The number of anilines is 3. The molecule has 10 aromatic rings. The maximum atomic E-state index is 2.52. The van der Waals surface area contributed by atoms with Crippen LogP contribution < -0.4 is 4.90 Å². The Morgan fingerprint density at radius 2 is 0.887 bits per heavy atom. The van der Waals surface area contributed by atoms with Gasteiger partial charge >= 0.3 is 0 Å². The predicted molar refractivity (Wildman–Crippen MR) is 265 cm³/mol. The number of thiophene rings is 1. The third-order valence-corrected chi connectivity index (χ3v) is 15.0. The van der Waals surface area contributed by atoms with E-state index >= 15 is 0 Å². The van der Waals surface area contributed by atoms with E-state index in [0.717, 1.165) is 17.1 Å². The quantitative estimate of drug-likeness (QED) is 0.162. The summed E-state index contributed by atoms with van der Waals surface area (Å²) in [5.74, 6) is 0. The molecule has 9 aromatic carbocycles. The van der Waals surface area contributed by atoms with Crippen molar-refractivity contribution in [3.05, 3.63) is 222 Å². The van der Waals surface area contributed by atoms with Crippen LogP contribution in [0.5, 0.6) is 0 Å². The van der Waals surface area contributed by atoms with Crippen molar-refractivity contribution in [2.24, 2.45) is 0 Å². The molecule has 0 amide bonds. The molecule has 0 spiro atoms. The number of fused-ring (bicyclic) bond motifs is 9. The summed E-state index contributed by atoms with van der Waals surface area (Å²) in [6.45, 7) is 9.61. The molecule has 0 bridgehead atoms. The van der Waals surface area contributed by atoms with Gasteiger partial charge in [0.2, 0.25) is 0 Å². The van der Waals surface area contributed by atoms with Gasteiger partial charge in [0.05, 0.1) is 5.69 Å². The first-order valence-corrected chi connectivity index (χ1v) is 22.6. The monoisotopic (exact) mass is 811 g/mol. The number of hydrogen-bond donors (Lipinski definition) is 0. The Kier molecular flexibility index (Phi) is 8.17. The lowest BCUT2D eigenvalue weighted by atomic mass is 9.81. The molecular weight excluding hydrogens is 767 g/mol. The van der Waals surface area contributed by atoms with E-state index in [9.17, 15) is 0 Å². The van der Waals surface area contributed by atoms with Gasteiger partial charge in [-0.2, -0.15) is 0 Å². The van der Waals surface area contributed by atoms with Gasteiger partial charge in [-0.25, -0.2) is 0 Å². The third-order valence-electron chi connectivity index (χ3n) is 13.9. The Labute approximate surface area is 368 Å². The zero-order valence-electron chi connectivity index (χ0n) is 35.4. The van der Waals surface area contributed by atoms with E-state index in [4.69, 9.17) is 0 Å². The molecule has 0 unspecified atom stereocenters. The molecule has 0 fully saturated rings. The first-order valence-electron chi connectivity index (χ1n) is 21.8. The minimum Gasteiger partial charge on any atom is -0.310 e. The molecule has 1 nitrogen and oxygen atoms in total. The lowest BCUT2D eigenvalue weighted by molar-refractivity contribution is 0.660. The van der Waals surface area contributed by atoms with Crippen LogP contribution in [0.2, 0.25) is 0 Å². The lowest BCUT2D eigenvalue weighted by Crippen LogP contribution is -2.18. The Balaban J connectivity index is 1.08. The van der Waals surface area contributed by atoms with Crippen molar-refractivity contribution < 1.29 is 0 Å². The van der Waals surface area contributed by atoms with E-state index in [0.29, 0.717) is 0 Å². The highest BCUT2D eigenvalue weighted by Gasteiger charge is 2.40. The average Bonchev–Trinajstić information content (AvgIpc) is 3.88. The third kappa shape index (κ3) is 5.46. The number of rotatable bonds is 6. The van der Waals surface area contributed by atoms with Crippen LogP contribution in [0.3, 0.4) is 0 Å². The Morgan fingerprint density at radius 1 is 0.355 bits per heavy atom. The second-order valence-corrected chi connectivity index (χ2v) is 19.1. The van der Waals surface area contributed by atoms with Crippen molar-refractivity contribution in [2.75, 3.05) is 4.90 Å². The second kappa shape index (κ2) is 13.8. The van der Waals surface area contributed by atoms with Crippen molar-refractivity contribution in [2.45, 2.75) is 38.5 Å². The van der Waals surface area contributed by atoms with Crippen LogP contribution in [-0.4, -0.2) is 0 Å². The first kappa shape index (κ1) is 36.8. The largest absolute Gasteiger partial charge is 0.310 e. The summed E-state index contributed by atoms with van der Waals surface area (Å²) in [5.41, 5.74) is 21.3. The van der Waals surface area contributed by atoms with Crippen LogP contribution in [0.25, 0.3) is 75.8 Å². The number of benzene rings is 9. The molecule has 1 aromatic heterocycles. The zero-order valence-corrected chi connectivity index (χ0v) is 36.2. The molecule has 2 heteroatoms. The molecule has 0 atom stereocenters. The molecule has 296 valence electrons. The van der Waals surface area contributed by atoms with Gasteiger partial charge in [-0.15, -0.1) is 11.3 Å². The van der Waals surface area contributed by atoms with Crippen LogP contribution in [0, 0.1) is 0 Å². The van der Waals surface area contributed by atoms with Gasteiger partial charge in [-0.1, -0.05) is 185 Å². The fraction of sp³-hybridized carbons (Fsp3) is 0.100. The van der Waals surface area contributed by atoms with Gasteiger partial charge in [0.1, 0.15) is 0 Å². The highest BCUT2D eigenvalue weighted by molar-refractivity contribution is 7.26. The van der Waals surface area contributed by atoms with Crippen LogP contribution >= 0.6 is 11.3 Å². The molecule has 2 aliphatic rings. The van der Waals surface area contributed by atoms with Gasteiger partial charge in [0, 0.05) is 47.9 Å². The molecule has 1 heterocycles. The number of hydrogen-bond acceptors (Lipinski definition) is 2. The van der Waals surface area contributed by atoms with Crippen molar-refractivity contribution >= 4 is 48.6 Å². The summed E-state index contributed by atoms with van der Waals surface area (Å²) in [4.78, 5) is 2.52. The standard InChI is InChI=1S/C60H45NS/c1-59(2)49-24-14-11-22-45(49)46-33-31-42(35-50(46)59)61(53-25-15-12-21-44(53)40-29-27-39(28-30-40)38-17-7-5-8-18-38)43-32-34-47-51(36-43)60(3,4)52-37-55-58(48-23-13-16-26-54(48)62-55)56(57(47)52)41-19-9-6-10-20-41/h5-37H,1-4H3. The fourth-order valence-corrected chi connectivity index (χ4v) is 11.9. The van der Waals surface area contributed by atoms with E-state index in [1.54, 1.807) is 0 Å². The molecular formula is C60H45NS. The van der Waals surface area contributed by atoms with Crippen LogP contribution in [0.4, 0.5) is 17.1 Å². The van der Waals surface area contributed by atoms with E-state index in [-0.39, 0.29) is 10.8 Å². The smallest absolute Gasteiger partial charge is 0.0540 e. The predicted octanol–water partition coefficient (Wildman–Crippen LogP) is 17.1. The van der Waals surface area contributed by atoms with Crippen molar-refractivity contribution in [3.63, 3.8) is 0 Å². The van der Waals surface area contributed by atoms with E-state index < -0.39 is 0 Å². The van der Waals surface area contributed by atoms with Gasteiger partial charge in [0.25, 0.3) is 0 Å². The van der Waals surface area contributed by atoms with Gasteiger partial charge in [-0.3, -0.25) is 0 Å². The maximum Gasteiger partial charge on any atom is 0.0540 e. The molecule has 0 aliphatic heterocycles. The Morgan fingerprint density at radius 3 is 1.63 bits per heavy atom. The number of para-hydroxylation sites is 1. The molecule has 2 aliphatic carbocycles. The maximum absolute atomic E-state index is 2.52. The van der Waals surface area contributed by atoms with Crippen LogP contribution in [-0.2, 0) is 10.8 Å². The topological polar surface area (TPSA) is 3.24 Å². The number of nitrogens with zero attached hydrogens (tertiary/aromatic N) is 1. The summed E-state index contributed by atoms with van der Waals surface area (Å²) < 4.78 is 2.68. The average molecular weight is 812 g/mol. The zero-order chi connectivity index (χ0) is 41.7. The SMILES string of the molecule is CC1(C)c2ccccc2-c2ccc(N(c3ccc4c(c3)C(C)(C)c3cc5sc6ccccc6c5c(-c5ccccc5)c3-4)c3ccccc3-c3ccc(-c4ccccc4)cc3)cc21.